The summed E-state index contributed by atoms with van der Waals surface area (Å²) in [7, 11) is 2.15. The third-order valence-electron chi connectivity index (χ3n) is 5.61. The maximum atomic E-state index is 4.86. The van der Waals surface area contributed by atoms with E-state index in [2.05, 4.69) is 28.9 Å². The molecule has 0 unspecified atom stereocenters. The summed E-state index contributed by atoms with van der Waals surface area (Å²) in [6.07, 6.45) is 5.07. The number of rotatable bonds is 0. The third-order valence-corrected chi connectivity index (χ3v) is 5.61. The minimum Gasteiger partial charge on any atom is -0.190 e. The van der Waals surface area contributed by atoms with E-state index in [0.29, 0.717) is 35.5 Å². The van der Waals surface area contributed by atoms with E-state index >= 15 is 0 Å². The van der Waals surface area contributed by atoms with Crippen LogP contribution in [0, 0.1) is 11.3 Å². The summed E-state index contributed by atoms with van der Waals surface area (Å²) in [6.45, 7) is 2.43. The molecule has 0 aromatic rings. The highest BCUT2D eigenvalue weighted by atomic mass is 15.3. The third kappa shape index (κ3) is 0.846. The van der Waals surface area contributed by atoms with Gasteiger partial charge in [0.25, 0.3) is 0 Å². The first-order chi connectivity index (χ1) is 7.71. The van der Waals surface area contributed by atoms with Gasteiger partial charge in [-0.1, -0.05) is 6.92 Å². The van der Waals surface area contributed by atoms with Crippen molar-refractivity contribution in [1.29, 1.82) is 0 Å². The van der Waals surface area contributed by atoms with Gasteiger partial charge in [-0.3, -0.25) is 0 Å². The van der Waals surface area contributed by atoms with Crippen LogP contribution >= 0.6 is 0 Å². The van der Waals surface area contributed by atoms with Crippen molar-refractivity contribution < 1.29 is 4.70 Å². The first kappa shape index (κ1) is 9.25. The molecule has 4 heteroatoms. The van der Waals surface area contributed by atoms with Crippen LogP contribution in [0.2, 0.25) is 0 Å². The zero-order valence-corrected chi connectivity index (χ0v) is 10.0. The highest BCUT2D eigenvalue weighted by molar-refractivity contribution is 5.14. The standard InChI is InChI=1S/C12H19N4/c1-12-9-5-3-7(13-14-9)11(12)8-4-6-10(12)15-16(8)2/h7-11H,3-6H2,1-2H3/q+1/t7-,8+,9+,10-,11+,12-/m0/s1. The van der Waals surface area contributed by atoms with E-state index < -0.39 is 0 Å². The number of hydrogen-bond donors (Lipinski definition) is 0. The Kier molecular flexibility index (Phi) is 1.57. The van der Waals surface area contributed by atoms with Gasteiger partial charge in [0.15, 0.2) is 13.1 Å². The van der Waals surface area contributed by atoms with Crippen LogP contribution in [0.5, 0.6) is 0 Å². The topological polar surface area (TPSA) is 40.1 Å². The minimum absolute atomic E-state index is 0.320. The Morgan fingerprint density at radius 1 is 1.06 bits per heavy atom. The van der Waals surface area contributed by atoms with Crippen LogP contribution in [0.4, 0.5) is 0 Å². The van der Waals surface area contributed by atoms with Crippen molar-refractivity contribution in [1.82, 2.24) is 0 Å². The molecule has 0 amide bonds. The summed E-state index contributed by atoms with van der Waals surface area (Å²) in [5.41, 5.74) is 0.320. The highest BCUT2D eigenvalue weighted by Gasteiger charge is 2.66. The van der Waals surface area contributed by atoms with Crippen LogP contribution in [-0.2, 0) is 0 Å². The Morgan fingerprint density at radius 2 is 1.88 bits per heavy atom. The molecule has 2 fully saturated rings. The second kappa shape index (κ2) is 2.71. The molecule has 0 saturated heterocycles. The van der Waals surface area contributed by atoms with E-state index in [-0.39, 0.29) is 0 Å². The Balaban J connectivity index is 1.89. The molecule has 0 radical (unpaired) electrons. The smallest absolute Gasteiger partial charge is 0.183 e. The van der Waals surface area contributed by atoms with Gasteiger partial charge in [-0.2, -0.15) is 10.2 Å². The average Bonchev–Trinajstić information content (AvgIpc) is 2.31. The first-order valence-corrected chi connectivity index (χ1v) is 6.55. The molecular weight excluding hydrogens is 200 g/mol. The molecule has 6 rings (SSSR count). The summed E-state index contributed by atoms with van der Waals surface area (Å²) < 4.78 is 2.23. The van der Waals surface area contributed by atoms with E-state index in [0.717, 1.165) is 0 Å². The Morgan fingerprint density at radius 3 is 2.56 bits per heavy atom. The van der Waals surface area contributed by atoms with Crippen LogP contribution < -0.4 is 0 Å². The zero-order valence-electron chi connectivity index (χ0n) is 10.0. The largest absolute Gasteiger partial charge is 0.190 e. The fraction of sp³-hybridized carbons (Fsp3) is 1.00. The Labute approximate surface area is 95.8 Å². The molecule has 4 bridgehead atoms. The quantitative estimate of drug-likeness (QED) is 0.561. The number of azo groups is 3. The van der Waals surface area contributed by atoms with Crippen molar-refractivity contribution in [3.05, 3.63) is 0 Å². The highest BCUT2D eigenvalue weighted by Crippen LogP contribution is 2.58. The molecule has 6 aliphatic rings. The lowest BCUT2D eigenvalue weighted by Gasteiger charge is -2.57. The molecule has 0 spiro atoms. The minimum atomic E-state index is 0.320. The van der Waals surface area contributed by atoms with Crippen molar-refractivity contribution in [3.8, 4) is 0 Å². The molecule has 86 valence electrons. The van der Waals surface area contributed by atoms with E-state index in [1.165, 1.54) is 25.7 Å². The number of hydrogen-bond acceptors (Lipinski definition) is 3. The SMILES string of the molecule is C[N+]1=N[C@H]2CC[C@@H]1[C@H]1[C@@H]3CC[C@@H](N=N3)[C@]12C. The second-order valence-electron chi connectivity index (χ2n) is 6.13. The summed E-state index contributed by atoms with van der Waals surface area (Å²) >= 11 is 0. The van der Waals surface area contributed by atoms with Gasteiger partial charge in [0.2, 0.25) is 0 Å². The molecule has 16 heavy (non-hydrogen) atoms. The molecule has 2 saturated carbocycles. The van der Waals surface area contributed by atoms with Gasteiger partial charge in [0.05, 0.1) is 18.0 Å². The van der Waals surface area contributed by atoms with Crippen molar-refractivity contribution in [2.45, 2.75) is 56.8 Å². The van der Waals surface area contributed by atoms with Gasteiger partial charge in [0.1, 0.15) is 6.04 Å². The summed E-state index contributed by atoms with van der Waals surface area (Å²) in [6, 6.07) is 2.06. The second-order valence-corrected chi connectivity index (χ2v) is 6.13. The van der Waals surface area contributed by atoms with Gasteiger partial charge < -0.3 is 0 Å². The van der Waals surface area contributed by atoms with Crippen LogP contribution in [-0.4, -0.2) is 35.9 Å². The maximum absolute atomic E-state index is 4.86. The fourth-order valence-corrected chi connectivity index (χ4v) is 4.77. The molecule has 0 aromatic carbocycles. The van der Waals surface area contributed by atoms with E-state index in [1.54, 1.807) is 0 Å². The van der Waals surface area contributed by atoms with E-state index in [9.17, 15) is 0 Å². The molecule has 4 aliphatic heterocycles. The summed E-state index contributed by atoms with van der Waals surface area (Å²) in [5.74, 6) is 0.713. The van der Waals surface area contributed by atoms with Gasteiger partial charge in [-0.05, 0) is 24.4 Å². The molecule has 4 nitrogen and oxygen atoms in total. The Bertz CT molecular complexity index is 402. The molecular formula is C12H19N4+. The van der Waals surface area contributed by atoms with Crippen molar-refractivity contribution >= 4 is 0 Å². The maximum Gasteiger partial charge on any atom is 0.183 e. The average molecular weight is 219 g/mol. The predicted molar refractivity (Wildman–Crippen MR) is 58.7 cm³/mol. The van der Waals surface area contributed by atoms with Crippen LogP contribution in [0.25, 0.3) is 0 Å². The lowest BCUT2D eigenvalue weighted by molar-refractivity contribution is -0.641. The van der Waals surface area contributed by atoms with Gasteiger partial charge >= 0.3 is 0 Å². The number of nitrogens with zero attached hydrogens (tertiary/aromatic N) is 4. The van der Waals surface area contributed by atoms with E-state index in [4.69, 9.17) is 5.11 Å². The molecule has 0 aromatic heterocycles. The summed E-state index contributed by atoms with van der Waals surface area (Å²) in [4.78, 5) is 0. The summed E-state index contributed by atoms with van der Waals surface area (Å²) in [5, 5.41) is 13.9. The first-order valence-electron chi connectivity index (χ1n) is 6.55. The molecule has 4 heterocycles. The fourth-order valence-electron chi connectivity index (χ4n) is 4.77. The zero-order chi connectivity index (χ0) is 10.9. The van der Waals surface area contributed by atoms with Crippen molar-refractivity contribution in [2.75, 3.05) is 7.05 Å². The van der Waals surface area contributed by atoms with Crippen LogP contribution in [0.3, 0.4) is 0 Å². The van der Waals surface area contributed by atoms with Crippen molar-refractivity contribution in [3.63, 3.8) is 0 Å². The molecule has 2 aliphatic carbocycles. The number of fused-ring (bicyclic) bond motifs is 2. The normalized spacial score (nSPS) is 57.4. The predicted octanol–water partition coefficient (Wildman–Crippen LogP) is 2.24. The van der Waals surface area contributed by atoms with Gasteiger partial charge in [0, 0.05) is 11.8 Å². The van der Waals surface area contributed by atoms with Gasteiger partial charge in [-0.25, -0.2) is 0 Å². The van der Waals surface area contributed by atoms with Crippen molar-refractivity contribution in [2.24, 2.45) is 26.7 Å². The van der Waals surface area contributed by atoms with Gasteiger partial charge in [-0.15, -0.1) is 4.70 Å². The lowest BCUT2D eigenvalue weighted by Crippen LogP contribution is -2.66. The lowest BCUT2D eigenvalue weighted by atomic mass is 9.51. The molecule has 0 N–H and O–H groups in total. The van der Waals surface area contributed by atoms with Crippen LogP contribution in [0.1, 0.15) is 32.6 Å². The van der Waals surface area contributed by atoms with E-state index in [1.807, 2.05) is 0 Å². The van der Waals surface area contributed by atoms with Crippen LogP contribution in [0.15, 0.2) is 15.3 Å². The molecule has 6 atom stereocenters. The monoisotopic (exact) mass is 219 g/mol. The Hall–Kier alpha value is -0.800.